The van der Waals surface area contributed by atoms with E-state index in [0.29, 0.717) is 0 Å². The molecule has 0 atom stereocenters. The van der Waals surface area contributed by atoms with Gasteiger partial charge in [0.15, 0.2) is 0 Å². The molecule has 0 aliphatic rings. The van der Waals surface area contributed by atoms with Gasteiger partial charge in [-0.1, -0.05) is 24.3 Å². The van der Waals surface area contributed by atoms with Crippen LogP contribution in [-0.4, -0.2) is 9.38 Å². The Balaban J connectivity index is 2.35. The van der Waals surface area contributed by atoms with Crippen molar-refractivity contribution in [2.24, 2.45) is 0 Å². The molecule has 0 saturated heterocycles. The lowest BCUT2D eigenvalue weighted by Crippen LogP contribution is -1.87. The van der Waals surface area contributed by atoms with E-state index in [9.17, 15) is 0 Å². The van der Waals surface area contributed by atoms with Crippen LogP contribution in [0.1, 0.15) is 5.56 Å². The quantitative estimate of drug-likeness (QED) is 0.448. The Morgan fingerprint density at radius 3 is 2.72 bits per heavy atom. The summed E-state index contributed by atoms with van der Waals surface area (Å²) in [5, 5.41) is 1.24. The average Bonchev–Trinajstić information content (AvgIpc) is 2.77. The van der Waals surface area contributed by atoms with Crippen molar-refractivity contribution in [1.82, 2.24) is 9.38 Å². The molecule has 2 heteroatoms. The van der Waals surface area contributed by atoms with Gasteiger partial charge >= 0.3 is 0 Å². The van der Waals surface area contributed by atoms with Gasteiger partial charge in [-0.25, -0.2) is 4.98 Å². The summed E-state index contributed by atoms with van der Waals surface area (Å²) in [6, 6.07) is 19.0. The van der Waals surface area contributed by atoms with E-state index in [4.69, 9.17) is 0 Å². The smallest absolute Gasteiger partial charge is 0.138 e. The first-order valence-electron chi connectivity index (χ1n) is 6.09. The fourth-order valence-corrected chi connectivity index (χ4v) is 2.57. The van der Waals surface area contributed by atoms with E-state index in [1.54, 1.807) is 0 Å². The van der Waals surface area contributed by atoms with Crippen LogP contribution in [0.15, 0.2) is 54.6 Å². The van der Waals surface area contributed by atoms with E-state index in [1.165, 1.54) is 22.0 Å². The predicted octanol–water partition coefficient (Wildman–Crippen LogP) is 3.95. The molecule has 0 spiro atoms. The summed E-state index contributed by atoms with van der Waals surface area (Å²) < 4.78 is 2.23. The maximum Gasteiger partial charge on any atom is 0.138 e. The van der Waals surface area contributed by atoms with Gasteiger partial charge < -0.3 is 0 Å². The Kier molecular flexibility index (Phi) is 1.78. The van der Waals surface area contributed by atoms with Crippen LogP contribution in [0.25, 0.3) is 27.6 Å². The second kappa shape index (κ2) is 3.33. The Morgan fingerprint density at radius 2 is 1.78 bits per heavy atom. The summed E-state index contributed by atoms with van der Waals surface area (Å²) in [5.74, 6) is 0. The molecule has 0 N–H and O–H groups in total. The number of benzene rings is 2. The zero-order valence-electron chi connectivity index (χ0n) is 10.1. The summed E-state index contributed by atoms with van der Waals surface area (Å²) in [6.07, 6.45) is 0. The molecule has 86 valence electrons. The summed E-state index contributed by atoms with van der Waals surface area (Å²) in [4.78, 5) is 4.67. The van der Waals surface area contributed by atoms with Crippen molar-refractivity contribution in [3.05, 3.63) is 60.2 Å². The van der Waals surface area contributed by atoms with Crippen LogP contribution < -0.4 is 0 Å². The SMILES string of the molecule is Cc1ccc2nc3ccc4ccccc4n3c2c1. The second-order valence-corrected chi connectivity index (χ2v) is 4.69. The van der Waals surface area contributed by atoms with Gasteiger partial charge in [0.25, 0.3) is 0 Å². The zero-order chi connectivity index (χ0) is 12.1. The number of hydrogen-bond donors (Lipinski definition) is 0. The van der Waals surface area contributed by atoms with E-state index >= 15 is 0 Å². The van der Waals surface area contributed by atoms with Crippen LogP contribution in [0.4, 0.5) is 0 Å². The molecule has 0 amide bonds. The van der Waals surface area contributed by atoms with Gasteiger partial charge in [-0.2, -0.15) is 0 Å². The van der Waals surface area contributed by atoms with Gasteiger partial charge in [0, 0.05) is 0 Å². The molecule has 0 saturated carbocycles. The normalized spacial score (nSPS) is 11.6. The summed E-state index contributed by atoms with van der Waals surface area (Å²) >= 11 is 0. The number of imidazole rings is 1. The number of para-hydroxylation sites is 1. The van der Waals surface area contributed by atoms with Gasteiger partial charge in [0.05, 0.1) is 16.6 Å². The highest BCUT2D eigenvalue weighted by Crippen LogP contribution is 2.23. The van der Waals surface area contributed by atoms with Gasteiger partial charge in [-0.15, -0.1) is 0 Å². The van der Waals surface area contributed by atoms with Crippen molar-refractivity contribution in [3.8, 4) is 0 Å². The predicted molar refractivity (Wildman–Crippen MR) is 74.9 cm³/mol. The van der Waals surface area contributed by atoms with Crippen LogP contribution in [0.2, 0.25) is 0 Å². The third kappa shape index (κ3) is 1.20. The molecule has 0 unspecified atom stereocenters. The molecular weight excluding hydrogens is 220 g/mol. The minimum Gasteiger partial charge on any atom is -0.292 e. The highest BCUT2D eigenvalue weighted by Gasteiger charge is 2.06. The lowest BCUT2D eigenvalue weighted by atomic mass is 10.2. The highest BCUT2D eigenvalue weighted by molar-refractivity contribution is 5.90. The van der Waals surface area contributed by atoms with Crippen LogP contribution >= 0.6 is 0 Å². The van der Waals surface area contributed by atoms with Crippen LogP contribution in [-0.2, 0) is 0 Å². The summed E-state index contributed by atoms with van der Waals surface area (Å²) in [6.45, 7) is 2.12. The molecule has 2 aromatic heterocycles. The lowest BCUT2D eigenvalue weighted by Gasteiger charge is -2.02. The maximum atomic E-state index is 4.67. The molecule has 2 heterocycles. The first-order valence-corrected chi connectivity index (χ1v) is 6.09. The molecule has 0 aliphatic heterocycles. The molecule has 0 aliphatic carbocycles. The third-order valence-corrected chi connectivity index (χ3v) is 3.43. The Hall–Kier alpha value is -2.35. The van der Waals surface area contributed by atoms with Crippen molar-refractivity contribution < 1.29 is 0 Å². The van der Waals surface area contributed by atoms with E-state index in [1.807, 2.05) is 0 Å². The van der Waals surface area contributed by atoms with Crippen LogP contribution in [0, 0.1) is 6.92 Å². The number of fused-ring (bicyclic) bond motifs is 5. The van der Waals surface area contributed by atoms with E-state index in [0.717, 1.165) is 11.2 Å². The van der Waals surface area contributed by atoms with Crippen molar-refractivity contribution in [2.45, 2.75) is 6.92 Å². The molecule has 18 heavy (non-hydrogen) atoms. The van der Waals surface area contributed by atoms with E-state index < -0.39 is 0 Å². The third-order valence-electron chi connectivity index (χ3n) is 3.43. The summed E-state index contributed by atoms with van der Waals surface area (Å²) in [5.41, 5.74) is 5.72. The van der Waals surface area contributed by atoms with Gasteiger partial charge in [-0.05, 0) is 48.2 Å². The minimum absolute atomic E-state index is 1.01. The van der Waals surface area contributed by atoms with Crippen molar-refractivity contribution >= 4 is 27.6 Å². The van der Waals surface area contributed by atoms with Crippen LogP contribution in [0.3, 0.4) is 0 Å². The van der Waals surface area contributed by atoms with E-state index in [-0.39, 0.29) is 0 Å². The minimum atomic E-state index is 1.01. The molecule has 4 rings (SSSR count). The Morgan fingerprint density at radius 1 is 0.889 bits per heavy atom. The van der Waals surface area contributed by atoms with Gasteiger partial charge in [0.1, 0.15) is 5.65 Å². The number of aryl methyl sites for hydroxylation is 1. The number of pyridine rings is 1. The first kappa shape index (κ1) is 9.66. The number of aromatic nitrogens is 2. The summed E-state index contributed by atoms with van der Waals surface area (Å²) in [7, 11) is 0. The molecule has 0 radical (unpaired) electrons. The van der Waals surface area contributed by atoms with Crippen molar-refractivity contribution in [3.63, 3.8) is 0 Å². The number of hydrogen-bond acceptors (Lipinski definition) is 1. The maximum absolute atomic E-state index is 4.67. The van der Waals surface area contributed by atoms with Crippen molar-refractivity contribution in [1.29, 1.82) is 0 Å². The molecule has 4 aromatic rings. The fraction of sp³-hybridized carbons (Fsp3) is 0.0625. The monoisotopic (exact) mass is 232 g/mol. The van der Waals surface area contributed by atoms with Gasteiger partial charge in [0.2, 0.25) is 0 Å². The topological polar surface area (TPSA) is 17.3 Å². The highest BCUT2D eigenvalue weighted by atomic mass is 15.0. The molecule has 0 bridgehead atoms. The molecule has 2 aromatic carbocycles. The zero-order valence-corrected chi connectivity index (χ0v) is 10.1. The average molecular weight is 232 g/mol. The Bertz CT molecular complexity index is 887. The van der Waals surface area contributed by atoms with Crippen LogP contribution in [0.5, 0.6) is 0 Å². The Labute approximate surface area is 104 Å². The number of rotatable bonds is 0. The van der Waals surface area contributed by atoms with Gasteiger partial charge in [-0.3, -0.25) is 4.40 Å². The molecular formula is C16H12N2. The molecule has 0 fully saturated rings. The first-order chi connectivity index (χ1) is 8.83. The fourth-order valence-electron chi connectivity index (χ4n) is 2.57. The van der Waals surface area contributed by atoms with E-state index in [2.05, 4.69) is 70.9 Å². The molecule has 2 nitrogen and oxygen atoms in total. The number of nitrogens with zero attached hydrogens (tertiary/aromatic N) is 2. The standard InChI is InChI=1S/C16H12N2/c1-11-6-8-13-15(10-11)18-14-5-3-2-4-12(14)7-9-16(18)17-13/h2-10H,1H3. The lowest BCUT2D eigenvalue weighted by molar-refractivity contribution is 1.29. The largest absolute Gasteiger partial charge is 0.292 e. The van der Waals surface area contributed by atoms with Crippen molar-refractivity contribution in [2.75, 3.05) is 0 Å². The second-order valence-electron chi connectivity index (χ2n) is 4.69.